The number of aliphatic hydroxyl groups excluding tert-OH is 1. The molecule has 2 atom stereocenters. The summed E-state index contributed by atoms with van der Waals surface area (Å²) in [4.78, 5) is 48.1. The smallest absolute Gasteiger partial charge is 0.410 e. The van der Waals surface area contributed by atoms with Crippen LogP contribution in [0.4, 0.5) is 27.8 Å². The largest absolute Gasteiger partial charge is 0.444 e. The minimum Gasteiger partial charge on any atom is -0.444 e. The summed E-state index contributed by atoms with van der Waals surface area (Å²) in [5, 5.41) is 24.4. The highest BCUT2D eigenvalue weighted by molar-refractivity contribution is 6.31. The highest BCUT2D eigenvalue weighted by Crippen LogP contribution is 2.23. The van der Waals surface area contributed by atoms with Crippen LogP contribution in [-0.2, 0) is 4.74 Å². The first-order valence-electron chi connectivity index (χ1n) is 18.7. The van der Waals surface area contributed by atoms with Crippen molar-refractivity contribution in [2.45, 2.75) is 71.1 Å². The Morgan fingerprint density at radius 3 is 1.82 bits per heavy atom. The van der Waals surface area contributed by atoms with Crippen LogP contribution < -0.4 is 26.6 Å². The number of benzene rings is 2. The number of hydrogen-bond donors (Lipinski definition) is 6. The first-order chi connectivity index (χ1) is 26.8. The number of carbonyl (C=O) groups excluding carboxylic acids is 3. The highest BCUT2D eigenvalue weighted by Gasteiger charge is 2.28. The van der Waals surface area contributed by atoms with Gasteiger partial charge in [-0.1, -0.05) is 35.3 Å². The minimum absolute atomic E-state index is 0.0288. The number of amides is 3. The van der Waals surface area contributed by atoms with Gasteiger partial charge in [-0.25, -0.2) is 14.8 Å². The lowest BCUT2D eigenvalue weighted by atomic mass is 10.1. The van der Waals surface area contributed by atoms with E-state index in [1.54, 1.807) is 97.0 Å². The van der Waals surface area contributed by atoms with Gasteiger partial charge >= 0.3 is 6.09 Å². The summed E-state index contributed by atoms with van der Waals surface area (Å²) in [6.45, 7) is 10.5. The second-order valence-corrected chi connectivity index (χ2v) is 15.0. The SMILES string of the molecule is CC(C)(C)OC(=O)N1CCCC(Nc2ncccc2C(=O)Nc2cccc(Cl)c2)C1.CCO.O=C(Nc1cccc(Cl)c1)c1cccnc1NC1CCCNC1. The van der Waals surface area contributed by atoms with Crippen molar-refractivity contribution in [3.63, 3.8) is 0 Å². The molecule has 0 spiro atoms. The number of nitrogens with one attached hydrogen (secondary N) is 5. The van der Waals surface area contributed by atoms with Crippen LogP contribution in [0.25, 0.3) is 0 Å². The van der Waals surface area contributed by atoms with Gasteiger partial charge in [-0.3, -0.25) is 9.59 Å². The van der Waals surface area contributed by atoms with Gasteiger partial charge < -0.3 is 41.3 Å². The molecule has 56 heavy (non-hydrogen) atoms. The number of ether oxygens (including phenoxy) is 1. The number of likely N-dealkylation sites (tertiary alicyclic amines) is 1. The quantitative estimate of drug-likeness (QED) is 0.103. The van der Waals surface area contributed by atoms with Crippen molar-refractivity contribution in [2.24, 2.45) is 0 Å². The first-order valence-corrected chi connectivity index (χ1v) is 19.5. The van der Waals surface area contributed by atoms with E-state index in [0.717, 1.165) is 38.8 Å². The van der Waals surface area contributed by atoms with E-state index in [1.807, 2.05) is 20.8 Å². The molecule has 0 radical (unpaired) electrons. The summed E-state index contributed by atoms with van der Waals surface area (Å²) in [7, 11) is 0. The Hall–Kier alpha value is -4.95. The van der Waals surface area contributed by atoms with Crippen LogP contribution in [0, 0.1) is 0 Å². The van der Waals surface area contributed by atoms with E-state index < -0.39 is 5.60 Å². The average Bonchev–Trinajstić information content (AvgIpc) is 3.16. The number of nitrogens with zero attached hydrogens (tertiary/aromatic N) is 3. The molecule has 0 saturated carbocycles. The molecule has 2 aromatic carbocycles. The van der Waals surface area contributed by atoms with Gasteiger partial charge in [0.25, 0.3) is 11.8 Å². The van der Waals surface area contributed by atoms with Gasteiger partial charge in [0.1, 0.15) is 17.2 Å². The Labute approximate surface area is 338 Å². The molecule has 2 unspecified atom stereocenters. The average molecular weight is 808 g/mol. The molecule has 6 rings (SSSR count). The van der Waals surface area contributed by atoms with Crippen molar-refractivity contribution < 1.29 is 24.2 Å². The molecule has 0 aliphatic carbocycles. The Kier molecular flexibility index (Phi) is 17.2. The van der Waals surface area contributed by atoms with Crippen LogP contribution in [0.5, 0.6) is 0 Å². The van der Waals surface area contributed by atoms with E-state index in [9.17, 15) is 14.4 Å². The maximum atomic E-state index is 12.8. The normalized spacial score (nSPS) is 16.4. The standard InChI is InChI=1S/C22H27ClN4O3.C17H19ClN4O.C2H6O/c1-22(2,3)30-21(29)27-12-6-9-17(14-27)25-19-18(10-5-11-24-19)20(28)26-16-8-4-7-15(23)13-16;18-12-4-1-5-13(10-12)22-17(23)15-7-3-9-20-16(15)21-14-6-2-8-19-11-14;1-2-3/h4-5,7-8,10-11,13,17H,6,9,12,14H2,1-3H3,(H,24,25)(H,26,28);1,3-5,7,9-10,14,19H,2,6,8,11H2,(H,20,21)(H,22,23);3H,2H2,1H3. The van der Waals surface area contributed by atoms with Crippen molar-refractivity contribution in [3.8, 4) is 0 Å². The maximum Gasteiger partial charge on any atom is 0.410 e. The minimum atomic E-state index is -0.538. The second kappa shape index (κ2) is 22.0. The van der Waals surface area contributed by atoms with Gasteiger partial charge in [0.05, 0.1) is 11.1 Å². The summed E-state index contributed by atoms with van der Waals surface area (Å²) < 4.78 is 5.48. The molecule has 2 aliphatic heterocycles. The third-order valence-corrected chi connectivity index (χ3v) is 8.79. The van der Waals surface area contributed by atoms with Crippen molar-refractivity contribution in [2.75, 3.05) is 54.1 Å². The molecule has 300 valence electrons. The second-order valence-electron chi connectivity index (χ2n) is 14.1. The molecule has 2 fully saturated rings. The zero-order chi connectivity index (χ0) is 40.5. The van der Waals surface area contributed by atoms with E-state index in [1.165, 1.54) is 0 Å². The molecular formula is C41H52Cl2N8O5. The molecule has 2 aliphatic rings. The molecule has 0 bridgehead atoms. The predicted octanol–water partition coefficient (Wildman–Crippen LogP) is 7.95. The summed E-state index contributed by atoms with van der Waals surface area (Å²) in [6.07, 6.45) is 6.89. The third-order valence-electron chi connectivity index (χ3n) is 8.32. The van der Waals surface area contributed by atoms with E-state index in [-0.39, 0.29) is 36.6 Å². The molecule has 15 heteroatoms. The molecule has 6 N–H and O–H groups in total. The van der Waals surface area contributed by atoms with Crippen molar-refractivity contribution in [3.05, 3.63) is 106 Å². The zero-order valence-corrected chi connectivity index (χ0v) is 33.8. The maximum absolute atomic E-state index is 12.8. The number of piperidine rings is 2. The number of carbonyl (C=O) groups is 3. The monoisotopic (exact) mass is 806 g/mol. The topological polar surface area (TPSA) is 170 Å². The predicted molar refractivity (Wildman–Crippen MR) is 224 cm³/mol. The summed E-state index contributed by atoms with van der Waals surface area (Å²) >= 11 is 11.9. The summed E-state index contributed by atoms with van der Waals surface area (Å²) in [5.41, 5.74) is 1.68. The number of pyridine rings is 2. The van der Waals surface area contributed by atoms with Crippen molar-refractivity contribution in [1.29, 1.82) is 0 Å². The Morgan fingerprint density at radius 2 is 1.34 bits per heavy atom. The van der Waals surface area contributed by atoms with Gasteiger partial charge in [0.15, 0.2) is 0 Å². The Balaban J connectivity index is 0.000000239. The van der Waals surface area contributed by atoms with E-state index >= 15 is 0 Å². The van der Waals surface area contributed by atoms with Crippen LogP contribution >= 0.6 is 23.2 Å². The lowest BCUT2D eigenvalue weighted by Crippen LogP contribution is -2.47. The zero-order valence-electron chi connectivity index (χ0n) is 32.3. The summed E-state index contributed by atoms with van der Waals surface area (Å²) in [5.74, 6) is 0.605. The third kappa shape index (κ3) is 14.6. The summed E-state index contributed by atoms with van der Waals surface area (Å²) in [6, 6.07) is 21.3. The fraction of sp³-hybridized carbons (Fsp3) is 0.390. The molecule has 13 nitrogen and oxygen atoms in total. The molecule has 2 aromatic heterocycles. The van der Waals surface area contributed by atoms with E-state index in [2.05, 4.69) is 36.6 Å². The number of rotatable bonds is 8. The van der Waals surface area contributed by atoms with Crippen molar-refractivity contribution >= 4 is 64.1 Å². The molecular weight excluding hydrogens is 755 g/mol. The van der Waals surface area contributed by atoms with Crippen LogP contribution in [0.2, 0.25) is 10.0 Å². The number of hydrogen-bond acceptors (Lipinski definition) is 10. The molecule has 3 amide bonds. The van der Waals surface area contributed by atoms with Gasteiger partial charge in [0, 0.05) is 72.1 Å². The number of halogens is 2. The molecule has 4 heterocycles. The number of anilines is 4. The van der Waals surface area contributed by atoms with Crippen LogP contribution in [-0.4, -0.2) is 88.4 Å². The lowest BCUT2D eigenvalue weighted by molar-refractivity contribution is 0.0206. The fourth-order valence-corrected chi connectivity index (χ4v) is 6.27. The van der Waals surface area contributed by atoms with E-state index in [4.69, 9.17) is 33.0 Å². The van der Waals surface area contributed by atoms with Crippen molar-refractivity contribution in [1.82, 2.24) is 20.2 Å². The van der Waals surface area contributed by atoms with E-state index in [0.29, 0.717) is 57.3 Å². The lowest BCUT2D eigenvalue weighted by Gasteiger charge is -2.34. The van der Waals surface area contributed by atoms with Gasteiger partial charge in [-0.2, -0.15) is 0 Å². The first kappa shape index (κ1) is 43.8. The Bertz CT molecular complexity index is 1890. The highest BCUT2D eigenvalue weighted by atomic mass is 35.5. The van der Waals surface area contributed by atoms with Gasteiger partial charge in [0.2, 0.25) is 0 Å². The number of aromatic nitrogens is 2. The van der Waals surface area contributed by atoms with Crippen LogP contribution in [0.3, 0.4) is 0 Å². The Morgan fingerprint density at radius 1 is 0.821 bits per heavy atom. The van der Waals surface area contributed by atoms with Gasteiger partial charge in [-0.05, 0) is 121 Å². The van der Waals surface area contributed by atoms with Gasteiger partial charge in [-0.15, -0.1) is 0 Å². The fourth-order valence-electron chi connectivity index (χ4n) is 5.89. The number of aliphatic hydroxyl groups is 1. The van der Waals surface area contributed by atoms with Crippen LogP contribution in [0.15, 0.2) is 85.2 Å². The molecule has 4 aromatic rings. The molecule has 2 saturated heterocycles. The van der Waals surface area contributed by atoms with Crippen LogP contribution in [0.1, 0.15) is 74.1 Å².